The van der Waals surface area contributed by atoms with Crippen molar-refractivity contribution in [2.75, 3.05) is 25.9 Å². The highest BCUT2D eigenvalue weighted by Crippen LogP contribution is 2.17. The second kappa shape index (κ2) is 3.84. The second-order valence-corrected chi connectivity index (χ2v) is 3.69. The van der Waals surface area contributed by atoms with E-state index in [1.165, 1.54) is 13.0 Å². The molecule has 2 heterocycles. The van der Waals surface area contributed by atoms with E-state index in [-0.39, 0.29) is 0 Å². The molecule has 4 heteroatoms. The molecule has 4 nitrogen and oxygen atoms in total. The van der Waals surface area contributed by atoms with Gasteiger partial charge in [0.25, 0.3) is 0 Å². The summed E-state index contributed by atoms with van der Waals surface area (Å²) in [6.45, 7) is 1.89. The van der Waals surface area contributed by atoms with Gasteiger partial charge in [-0.05, 0) is 20.0 Å². The van der Waals surface area contributed by atoms with Gasteiger partial charge in [0.1, 0.15) is 12.4 Å². The third-order valence-corrected chi connectivity index (χ3v) is 2.62. The van der Waals surface area contributed by atoms with Crippen LogP contribution in [0.2, 0.25) is 0 Å². The quantitative estimate of drug-likeness (QED) is 0.769. The van der Waals surface area contributed by atoms with Gasteiger partial charge in [0.15, 0.2) is 0 Å². The fourth-order valence-corrected chi connectivity index (χ4v) is 1.49. The number of rotatable bonds is 3. The van der Waals surface area contributed by atoms with Crippen LogP contribution in [0.3, 0.4) is 0 Å². The van der Waals surface area contributed by atoms with Crippen LogP contribution >= 0.6 is 0 Å². The lowest BCUT2D eigenvalue weighted by Crippen LogP contribution is -2.48. The lowest BCUT2D eigenvalue weighted by atomic mass is 10.1. The summed E-state index contributed by atoms with van der Waals surface area (Å²) < 4.78 is 5.58. The van der Waals surface area contributed by atoms with Crippen molar-refractivity contribution in [3.8, 4) is 5.75 Å². The number of likely N-dealkylation sites (N-methyl/N-ethyl adjacent to an activating group) is 1. The number of hydrogen-bond acceptors (Lipinski definition) is 4. The van der Waals surface area contributed by atoms with Crippen LogP contribution < -0.4 is 10.5 Å². The van der Waals surface area contributed by atoms with Crippen molar-refractivity contribution in [1.29, 1.82) is 0 Å². The molecule has 0 unspecified atom stereocenters. The first kappa shape index (κ1) is 9.27. The highest BCUT2D eigenvalue weighted by atomic mass is 16.5. The van der Waals surface area contributed by atoms with E-state index in [0.29, 0.717) is 11.7 Å². The highest BCUT2D eigenvalue weighted by Gasteiger charge is 2.24. The van der Waals surface area contributed by atoms with Gasteiger partial charge in [-0.15, -0.1) is 0 Å². The molecule has 1 aliphatic heterocycles. The maximum atomic E-state index is 5.59. The van der Waals surface area contributed by atoms with Crippen LogP contribution in [0, 0.1) is 0 Å². The zero-order chi connectivity index (χ0) is 9.97. The number of anilines is 1. The van der Waals surface area contributed by atoms with Crippen LogP contribution in [0.1, 0.15) is 6.42 Å². The smallest absolute Gasteiger partial charge is 0.139 e. The molecule has 1 aliphatic rings. The summed E-state index contributed by atoms with van der Waals surface area (Å²) in [5.74, 6) is 0.755. The molecule has 0 aliphatic carbocycles. The average Bonchev–Trinajstić information content (AvgIpc) is 2.16. The van der Waals surface area contributed by atoms with Crippen molar-refractivity contribution in [2.24, 2.45) is 0 Å². The monoisotopic (exact) mass is 193 g/mol. The lowest BCUT2D eigenvalue weighted by molar-refractivity contribution is 0.0768. The standard InChI is InChI=1S/C10H15N3O/c1-13-3-2-9(13)7-14-10-4-8(11)5-12-6-10/h4-6,9H,2-3,7,11H2,1H3/t9-/m1/s1. The van der Waals surface area contributed by atoms with Crippen LogP contribution in [0.5, 0.6) is 5.75 Å². The number of likely N-dealkylation sites (tertiary alicyclic amines) is 1. The summed E-state index contributed by atoms with van der Waals surface area (Å²) >= 11 is 0. The van der Waals surface area contributed by atoms with Gasteiger partial charge in [0.2, 0.25) is 0 Å². The highest BCUT2D eigenvalue weighted by molar-refractivity contribution is 5.39. The van der Waals surface area contributed by atoms with E-state index in [1.54, 1.807) is 18.5 Å². The number of aromatic nitrogens is 1. The largest absolute Gasteiger partial charge is 0.490 e. The Morgan fingerprint density at radius 2 is 2.50 bits per heavy atom. The number of hydrogen-bond donors (Lipinski definition) is 1. The normalized spacial score (nSPS) is 21.6. The molecule has 14 heavy (non-hydrogen) atoms. The Bertz CT molecular complexity index is 316. The van der Waals surface area contributed by atoms with Crippen LogP contribution in [0.25, 0.3) is 0 Å². The van der Waals surface area contributed by atoms with Crippen LogP contribution in [0.4, 0.5) is 5.69 Å². The van der Waals surface area contributed by atoms with Crippen LogP contribution in [-0.4, -0.2) is 36.1 Å². The Morgan fingerprint density at radius 3 is 3.07 bits per heavy atom. The SMILES string of the molecule is CN1CC[C@@H]1COc1cncc(N)c1. The first-order valence-corrected chi connectivity index (χ1v) is 4.79. The zero-order valence-electron chi connectivity index (χ0n) is 8.31. The molecule has 2 rings (SSSR count). The molecule has 0 spiro atoms. The number of ether oxygens (including phenoxy) is 1. The Kier molecular flexibility index (Phi) is 2.54. The van der Waals surface area contributed by atoms with Gasteiger partial charge in [-0.1, -0.05) is 0 Å². The van der Waals surface area contributed by atoms with Gasteiger partial charge in [-0.3, -0.25) is 9.88 Å². The van der Waals surface area contributed by atoms with E-state index in [4.69, 9.17) is 10.5 Å². The summed E-state index contributed by atoms with van der Waals surface area (Å²) in [5.41, 5.74) is 6.23. The Hall–Kier alpha value is -1.29. The number of pyridine rings is 1. The van der Waals surface area contributed by atoms with E-state index < -0.39 is 0 Å². The number of nitrogens with two attached hydrogens (primary N) is 1. The molecular formula is C10H15N3O. The van der Waals surface area contributed by atoms with Crippen molar-refractivity contribution in [2.45, 2.75) is 12.5 Å². The first-order valence-electron chi connectivity index (χ1n) is 4.79. The van der Waals surface area contributed by atoms with Gasteiger partial charge in [-0.2, -0.15) is 0 Å². The topological polar surface area (TPSA) is 51.4 Å². The minimum absolute atomic E-state index is 0.552. The number of nitrogens with zero attached hydrogens (tertiary/aromatic N) is 2. The molecule has 1 aromatic rings. The number of nitrogen functional groups attached to an aromatic ring is 1. The molecule has 0 aromatic carbocycles. The minimum atomic E-state index is 0.552. The van der Waals surface area contributed by atoms with Crippen molar-refractivity contribution in [1.82, 2.24) is 9.88 Å². The maximum Gasteiger partial charge on any atom is 0.139 e. The van der Waals surface area contributed by atoms with Crippen LogP contribution in [0.15, 0.2) is 18.5 Å². The van der Waals surface area contributed by atoms with Gasteiger partial charge in [0.05, 0.1) is 18.1 Å². The summed E-state index contributed by atoms with van der Waals surface area (Å²) in [7, 11) is 2.11. The molecule has 76 valence electrons. The van der Waals surface area contributed by atoms with Crippen LogP contribution in [-0.2, 0) is 0 Å². The van der Waals surface area contributed by atoms with Crippen molar-refractivity contribution >= 4 is 5.69 Å². The molecule has 1 atom stereocenters. The molecule has 2 N–H and O–H groups in total. The van der Waals surface area contributed by atoms with Gasteiger partial charge in [-0.25, -0.2) is 0 Å². The summed E-state index contributed by atoms with van der Waals surface area (Å²) in [6.07, 6.45) is 4.52. The third-order valence-electron chi connectivity index (χ3n) is 2.62. The van der Waals surface area contributed by atoms with E-state index in [1.807, 2.05) is 0 Å². The van der Waals surface area contributed by atoms with Gasteiger partial charge < -0.3 is 10.5 Å². The Labute approximate surface area is 83.7 Å². The predicted octanol–water partition coefficient (Wildman–Crippen LogP) is 0.747. The lowest BCUT2D eigenvalue weighted by Gasteiger charge is -2.37. The minimum Gasteiger partial charge on any atom is -0.490 e. The Balaban J connectivity index is 1.85. The fourth-order valence-electron chi connectivity index (χ4n) is 1.49. The zero-order valence-corrected chi connectivity index (χ0v) is 8.31. The molecule has 0 radical (unpaired) electrons. The molecule has 0 saturated carbocycles. The molecule has 0 bridgehead atoms. The van der Waals surface area contributed by atoms with E-state index >= 15 is 0 Å². The summed E-state index contributed by atoms with van der Waals surface area (Å²) in [5, 5.41) is 0. The molecule has 1 fully saturated rings. The first-order chi connectivity index (χ1) is 6.75. The second-order valence-electron chi connectivity index (χ2n) is 3.69. The van der Waals surface area contributed by atoms with E-state index in [2.05, 4.69) is 16.9 Å². The van der Waals surface area contributed by atoms with Gasteiger partial charge >= 0.3 is 0 Å². The van der Waals surface area contributed by atoms with E-state index in [0.717, 1.165) is 12.4 Å². The van der Waals surface area contributed by atoms with Gasteiger partial charge in [0, 0.05) is 12.1 Å². The van der Waals surface area contributed by atoms with Crippen molar-refractivity contribution in [3.63, 3.8) is 0 Å². The average molecular weight is 193 g/mol. The maximum absolute atomic E-state index is 5.59. The summed E-state index contributed by atoms with van der Waals surface area (Å²) in [6, 6.07) is 2.35. The summed E-state index contributed by atoms with van der Waals surface area (Å²) in [4.78, 5) is 6.24. The Morgan fingerprint density at radius 1 is 1.64 bits per heavy atom. The third kappa shape index (κ3) is 1.96. The molecule has 1 aromatic heterocycles. The fraction of sp³-hybridized carbons (Fsp3) is 0.500. The van der Waals surface area contributed by atoms with E-state index in [9.17, 15) is 0 Å². The molecule has 1 saturated heterocycles. The van der Waals surface area contributed by atoms with Crippen molar-refractivity contribution in [3.05, 3.63) is 18.5 Å². The molecule has 0 amide bonds. The molecular weight excluding hydrogens is 178 g/mol. The van der Waals surface area contributed by atoms with Crippen molar-refractivity contribution < 1.29 is 4.74 Å². The predicted molar refractivity (Wildman–Crippen MR) is 55.2 cm³/mol.